The third-order valence-corrected chi connectivity index (χ3v) is 3.37. The molecule has 1 saturated heterocycles. The average molecular weight is 241 g/mol. The van der Waals surface area contributed by atoms with E-state index >= 15 is 0 Å². The molecule has 1 aliphatic heterocycles. The Balaban J connectivity index is 2.02. The Morgan fingerprint density at radius 1 is 1.56 bits per heavy atom. The summed E-state index contributed by atoms with van der Waals surface area (Å²) in [5.74, 6) is 1.35. The average Bonchev–Trinajstić information content (AvgIpc) is 2.25. The predicted molar refractivity (Wildman–Crippen MR) is 65.7 cm³/mol. The van der Waals surface area contributed by atoms with E-state index in [0.717, 1.165) is 25.3 Å². The quantitative estimate of drug-likeness (QED) is 0.857. The number of nitrogens with one attached hydrogen (secondary N) is 1. The van der Waals surface area contributed by atoms with Crippen molar-refractivity contribution >= 4 is 17.4 Å². The maximum Gasteiger partial charge on any atom is 0.148 e. The fraction of sp³-hybridized carbons (Fsp3) is 0.636. The molecule has 88 valence electrons. The molecule has 0 bridgehead atoms. The van der Waals surface area contributed by atoms with E-state index in [4.69, 9.17) is 11.6 Å². The fourth-order valence-corrected chi connectivity index (χ4v) is 2.32. The molecule has 0 radical (unpaired) electrons. The number of halogens is 1. The highest BCUT2D eigenvalue weighted by Crippen LogP contribution is 2.23. The van der Waals surface area contributed by atoms with Crippen LogP contribution in [0.4, 0.5) is 5.82 Å². The molecule has 2 rings (SSSR count). The molecular formula is C11H17ClN4. The van der Waals surface area contributed by atoms with E-state index in [1.807, 2.05) is 0 Å². The van der Waals surface area contributed by atoms with Gasteiger partial charge in [-0.05, 0) is 25.9 Å². The second-order valence-corrected chi connectivity index (χ2v) is 4.91. The minimum absolute atomic E-state index is 0.448. The molecule has 2 unspecified atom stereocenters. The lowest BCUT2D eigenvalue weighted by Gasteiger charge is -2.35. The number of anilines is 1. The van der Waals surface area contributed by atoms with Crippen molar-refractivity contribution in [3.63, 3.8) is 0 Å². The van der Waals surface area contributed by atoms with E-state index in [2.05, 4.69) is 34.2 Å². The number of aromatic nitrogens is 2. The Kier molecular flexibility index (Phi) is 3.61. The van der Waals surface area contributed by atoms with Crippen LogP contribution in [0, 0.1) is 5.92 Å². The zero-order chi connectivity index (χ0) is 11.5. The number of likely N-dealkylation sites (tertiary alicyclic amines) is 1. The van der Waals surface area contributed by atoms with Crippen LogP contribution in [-0.2, 0) is 0 Å². The van der Waals surface area contributed by atoms with E-state index in [0.29, 0.717) is 17.0 Å². The third-order valence-electron chi connectivity index (χ3n) is 3.10. The van der Waals surface area contributed by atoms with E-state index in [-0.39, 0.29) is 0 Å². The lowest BCUT2D eigenvalue weighted by molar-refractivity contribution is 0.206. The second kappa shape index (κ2) is 4.97. The third kappa shape index (κ3) is 2.62. The molecule has 1 fully saturated rings. The topological polar surface area (TPSA) is 41.0 Å². The first-order valence-electron chi connectivity index (χ1n) is 5.57. The molecule has 1 N–H and O–H groups in total. The number of rotatable bonds is 2. The summed E-state index contributed by atoms with van der Waals surface area (Å²) < 4.78 is 0. The predicted octanol–water partition coefficient (Wildman–Crippen LogP) is 1.88. The van der Waals surface area contributed by atoms with Crippen molar-refractivity contribution in [3.8, 4) is 0 Å². The van der Waals surface area contributed by atoms with Gasteiger partial charge in [-0.25, -0.2) is 9.97 Å². The van der Waals surface area contributed by atoms with Crippen molar-refractivity contribution in [2.24, 2.45) is 5.92 Å². The van der Waals surface area contributed by atoms with Gasteiger partial charge in [0.2, 0.25) is 0 Å². The van der Waals surface area contributed by atoms with Crippen LogP contribution in [0.5, 0.6) is 0 Å². The molecule has 5 heteroatoms. The molecule has 0 aliphatic carbocycles. The van der Waals surface area contributed by atoms with Gasteiger partial charge in [-0.1, -0.05) is 18.5 Å². The van der Waals surface area contributed by atoms with Gasteiger partial charge in [0.25, 0.3) is 0 Å². The van der Waals surface area contributed by atoms with Gasteiger partial charge in [0, 0.05) is 12.6 Å². The van der Waals surface area contributed by atoms with Crippen LogP contribution >= 0.6 is 11.6 Å². The van der Waals surface area contributed by atoms with Crippen molar-refractivity contribution in [3.05, 3.63) is 17.5 Å². The van der Waals surface area contributed by atoms with Gasteiger partial charge in [0.1, 0.15) is 17.2 Å². The molecule has 0 amide bonds. The summed E-state index contributed by atoms with van der Waals surface area (Å²) in [7, 11) is 2.16. The number of hydrogen-bond donors (Lipinski definition) is 1. The molecule has 2 atom stereocenters. The summed E-state index contributed by atoms with van der Waals surface area (Å²) in [5, 5.41) is 4.00. The number of piperidine rings is 1. The van der Waals surface area contributed by atoms with Gasteiger partial charge in [-0.15, -0.1) is 0 Å². The van der Waals surface area contributed by atoms with E-state index in [1.165, 1.54) is 6.33 Å². The van der Waals surface area contributed by atoms with E-state index < -0.39 is 0 Å². The standard InChI is InChI=1S/C11H17ClN4/c1-8-6-16(2)4-3-10(8)15-11-9(12)5-13-7-14-11/h5,7-8,10H,3-4,6H2,1-2H3,(H,13,14,15). The lowest BCUT2D eigenvalue weighted by Crippen LogP contribution is -2.43. The van der Waals surface area contributed by atoms with Crippen molar-refractivity contribution in [2.45, 2.75) is 19.4 Å². The molecule has 16 heavy (non-hydrogen) atoms. The lowest BCUT2D eigenvalue weighted by atomic mass is 9.94. The van der Waals surface area contributed by atoms with E-state index in [9.17, 15) is 0 Å². The van der Waals surface area contributed by atoms with E-state index in [1.54, 1.807) is 6.20 Å². The van der Waals surface area contributed by atoms with Gasteiger partial charge in [0.15, 0.2) is 0 Å². The fourth-order valence-electron chi connectivity index (χ4n) is 2.16. The molecule has 4 nitrogen and oxygen atoms in total. The first-order chi connectivity index (χ1) is 7.66. The van der Waals surface area contributed by atoms with Crippen LogP contribution in [0.1, 0.15) is 13.3 Å². The Morgan fingerprint density at radius 3 is 3.06 bits per heavy atom. The minimum Gasteiger partial charge on any atom is -0.366 e. The van der Waals surface area contributed by atoms with Crippen LogP contribution in [0.15, 0.2) is 12.5 Å². The van der Waals surface area contributed by atoms with Crippen molar-refractivity contribution in [1.29, 1.82) is 0 Å². The molecular weight excluding hydrogens is 224 g/mol. The minimum atomic E-state index is 0.448. The molecule has 0 spiro atoms. The summed E-state index contributed by atoms with van der Waals surface area (Å²) in [5.41, 5.74) is 0. The largest absolute Gasteiger partial charge is 0.366 e. The molecule has 1 aliphatic rings. The second-order valence-electron chi connectivity index (χ2n) is 4.50. The summed E-state index contributed by atoms with van der Waals surface area (Å²) in [6, 6.07) is 0.448. The van der Waals surface area contributed by atoms with Gasteiger partial charge in [0.05, 0.1) is 6.20 Å². The van der Waals surface area contributed by atoms with Crippen molar-refractivity contribution < 1.29 is 0 Å². The highest BCUT2D eigenvalue weighted by molar-refractivity contribution is 6.32. The van der Waals surface area contributed by atoms with Gasteiger partial charge < -0.3 is 10.2 Å². The Hall–Kier alpha value is -0.870. The monoisotopic (exact) mass is 240 g/mol. The van der Waals surface area contributed by atoms with Crippen molar-refractivity contribution in [2.75, 3.05) is 25.5 Å². The maximum atomic E-state index is 6.02. The van der Waals surface area contributed by atoms with Crippen LogP contribution in [0.2, 0.25) is 5.02 Å². The first kappa shape index (κ1) is 11.6. The maximum absolute atomic E-state index is 6.02. The molecule has 1 aromatic rings. The van der Waals surface area contributed by atoms with Crippen molar-refractivity contribution in [1.82, 2.24) is 14.9 Å². The van der Waals surface area contributed by atoms with Crippen LogP contribution < -0.4 is 5.32 Å². The summed E-state index contributed by atoms with van der Waals surface area (Å²) >= 11 is 6.02. The highest BCUT2D eigenvalue weighted by atomic mass is 35.5. The summed E-state index contributed by atoms with van der Waals surface area (Å²) in [4.78, 5) is 10.4. The molecule has 1 aromatic heterocycles. The summed E-state index contributed by atoms with van der Waals surface area (Å²) in [6.07, 6.45) is 4.27. The van der Waals surface area contributed by atoms with Gasteiger partial charge in [-0.2, -0.15) is 0 Å². The zero-order valence-electron chi connectivity index (χ0n) is 9.65. The number of hydrogen-bond acceptors (Lipinski definition) is 4. The van der Waals surface area contributed by atoms with Crippen LogP contribution in [-0.4, -0.2) is 41.0 Å². The number of nitrogens with zero attached hydrogens (tertiary/aromatic N) is 3. The Bertz CT molecular complexity index is 358. The zero-order valence-corrected chi connectivity index (χ0v) is 10.4. The van der Waals surface area contributed by atoms with Crippen LogP contribution in [0.25, 0.3) is 0 Å². The molecule has 0 aromatic carbocycles. The molecule has 2 heterocycles. The molecule has 0 saturated carbocycles. The highest BCUT2D eigenvalue weighted by Gasteiger charge is 2.24. The summed E-state index contributed by atoms with van der Waals surface area (Å²) in [6.45, 7) is 4.48. The normalized spacial score (nSPS) is 26.7. The van der Waals surface area contributed by atoms with Gasteiger partial charge in [-0.3, -0.25) is 0 Å². The first-order valence-corrected chi connectivity index (χ1v) is 5.95. The van der Waals surface area contributed by atoms with Crippen LogP contribution in [0.3, 0.4) is 0 Å². The smallest absolute Gasteiger partial charge is 0.148 e. The Labute approximate surface area is 101 Å². The Morgan fingerprint density at radius 2 is 2.38 bits per heavy atom. The van der Waals surface area contributed by atoms with Gasteiger partial charge >= 0.3 is 0 Å². The SMILES string of the molecule is CC1CN(C)CCC1Nc1ncncc1Cl.